The molecule has 0 aliphatic heterocycles. The molecule has 0 saturated heterocycles. The minimum atomic E-state index is -4.01. The van der Waals surface area contributed by atoms with Crippen LogP contribution >= 0.6 is 0 Å². The summed E-state index contributed by atoms with van der Waals surface area (Å²) in [7, 11) is -4.01. The molecule has 4 aromatic rings. The summed E-state index contributed by atoms with van der Waals surface area (Å²) >= 11 is 0. The molecule has 2 aliphatic rings. The van der Waals surface area contributed by atoms with Crippen molar-refractivity contribution >= 4 is 29.6 Å². The van der Waals surface area contributed by atoms with E-state index in [-0.39, 0.29) is 0 Å². The molecule has 0 fully saturated rings. The Hall–Kier alpha value is -3.96. The fraction of sp³-hybridized carbons (Fsp3) is 0.350. The van der Waals surface area contributed by atoms with Gasteiger partial charge in [0.25, 0.3) is 11.2 Å². The van der Waals surface area contributed by atoms with E-state index in [9.17, 15) is 9.59 Å². The topological polar surface area (TPSA) is 52.6 Å². The standard InChI is InChI=1S/C40H44O4Si/c1-3-5-7-13-25-43-39(41)45(40(42)44-26-14-8-6-4-2,37-23-15-21-33-31-19-11-9-17-29(31)27-35(33)37)38-24-16-22-34-32-20-12-10-18-30(32)28-36(34)38/h9-12,15-24H,3-8,13-14,25-28H2,1-2H3. The van der Waals surface area contributed by atoms with Crippen LogP contribution in [-0.4, -0.2) is 32.5 Å². The summed E-state index contributed by atoms with van der Waals surface area (Å²) in [5.74, 6) is 0. The number of rotatable bonds is 14. The molecule has 45 heavy (non-hydrogen) atoms. The Kier molecular flexibility index (Phi) is 9.65. The predicted molar refractivity (Wildman–Crippen MR) is 185 cm³/mol. The average Bonchev–Trinajstić information content (AvgIpc) is 3.64. The largest absolute Gasteiger partial charge is 0.469 e. The summed E-state index contributed by atoms with van der Waals surface area (Å²) in [4.78, 5) is 29.9. The molecular formula is C40H44O4Si. The van der Waals surface area contributed by atoms with E-state index in [0.29, 0.717) is 26.1 Å². The first-order chi connectivity index (χ1) is 22.1. The van der Waals surface area contributed by atoms with Crippen molar-refractivity contribution in [3.63, 3.8) is 0 Å². The molecule has 0 bridgehead atoms. The maximum atomic E-state index is 15.0. The number of hydrogen-bond donors (Lipinski definition) is 0. The van der Waals surface area contributed by atoms with Gasteiger partial charge in [-0.25, -0.2) is 0 Å². The SMILES string of the molecule is CCCCCCOC(=O)[Si](C(=O)OCCCCCC)(c1cccc2c1Cc1ccccc1-2)c1cccc2c1Cc1ccccc1-2. The van der Waals surface area contributed by atoms with Gasteiger partial charge in [0, 0.05) is 0 Å². The summed E-state index contributed by atoms with van der Waals surface area (Å²) in [6, 6.07) is 29.1. The van der Waals surface area contributed by atoms with Gasteiger partial charge in [0.2, 0.25) is 0 Å². The molecule has 5 heteroatoms. The second-order valence-corrected chi connectivity index (χ2v) is 15.9. The molecule has 0 N–H and O–H groups in total. The van der Waals surface area contributed by atoms with Gasteiger partial charge >= 0.3 is 8.07 Å². The Labute approximate surface area is 268 Å². The second kappa shape index (κ2) is 14.0. The van der Waals surface area contributed by atoms with Crippen LogP contribution in [0.25, 0.3) is 22.3 Å². The maximum absolute atomic E-state index is 15.0. The van der Waals surface area contributed by atoms with Crippen molar-refractivity contribution < 1.29 is 19.1 Å². The molecule has 4 nitrogen and oxygen atoms in total. The zero-order valence-electron chi connectivity index (χ0n) is 26.7. The average molecular weight is 617 g/mol. The highest BCUT2D eigenvalue weighted by atomic mass is 28.3. The quantitative estimate of drug-likeness (QED) is 0.0905. The first-order valence-corrected chi connectivity index (χ1v) is 18.9. The fourth-order valence-electron chi connectivity index (χ4n) is 7.29. The molecule has 0 aromatic heterocycles. The first kappa shape index (κ1) is 31.0. The summed E-state index contributed by atoms with van der Waals surface area (Å²) in [6.45, 7) is 4.95. The molecule has 0 atom stereocenters. The number of carbonyl (C=O) groups excluding carboxylic acids is 2. The molecule has 0 heterocycles. The lowest BCUT2D eigenvalue weighted by Gasteiger charge is -2.31. The Morgan fingerprint density at radius 1 is 0.533 bits per heavy atom. The number of unbranched alkanes of at least 4 members (excludes halogenated alkanes) is 6. The van der Waals surface area contributed by atoms with Gasteiger partial charge in [0.05, 0.1) is 13.2 Å². The van der Waals surface area contributed by atoms with E-state index < -0.39 is 19.3 Å². The number of fused-ring (bicyclic) bond motifs is 6. The third kappa shape index (κ3) is 5.79. The number of hydrogen-bond acceptors (Lipinski definition) is 4. The number of ether oxygens (including phenoxy) is 2. The third-order valence-corrected chi connectivity index (χ3v) is 13.7. The van der Waals surface area contributed by atoms with Crippen LogP contribution in [0.4, 0.5) is 9.59 Å². The van der Waals surface area contributed by atoms with Crippen LogP contribution in [0.15, 0.2) is 84.9 Å². The molecule has 2 aliphatic carbocycles. The van der Waals surface area contributed by atoms with Crippen molar-refractivity contribution in [1.29, 1.82) is 0 Å². The summed E-state index contributed by atoms with van der Waals surface area (Å²) in [5, 5.41) is 1.63. The van der Waals surface area contributed by atoms with Crippen molar-refractivity contribution in [2.45, 2.75) is 78.1 Å². The van der Waals surface area contributed by atoms with E-state index >= 15 is 0 Å². The molecule has 232 valence electrons. The third-order valence-electron chi connectivity index (χ3n) is 9.58. The number of benzene rings is 4. The minimum Gasteiger partial charge on any atom is -0.469 e. The normalized spacial score (nSPS) is 12.7. The second-order valence-electron chi connectivity index (χ2n) is 12.5. The van der Waals surface area contributed by atoms with Crippen molar-refractivity contribution in [3.8, 4) is 22.3 Å². The fourth-order valence-corrected chi connectivity index (χ4v) is 11.3. The maximum Gasteiger partial charge on any atom is 0.371 e. The van der Waals surface area contributed by atoms with Gasteiger partial charge in [-0.2, -0.15) is 0 Å². The van der Waals surface area contributed by atoms with Crippen LogP contribution in [0.2, 0.25) is 0 Å². The molecule has 4 aromatic carbocycles. The lowest BCUT2D eigenvalue weighted by molar-refractivity contribution is 0.159. The molecule has 0 radical (unpaired) electrons. The van der Waals surface area contributed by atoms with Gasteiger partial charge in [0.1, 0.15) is 0 Å². The van der Waals surface area contributed by atoms with E-state index in [0.717, 1.165) is 84.0 Å². The van der Waals surface area contributed by atoms with Gasteiger partial charge in [-0.1, -0.05) is 137 Å². The monoisotopic (exact) mass is 616 g/mol. The first-order valence-electron chi connectivity index (χ1n) is 16.9. The molecular weight excluding hydrogens is 573 g/mol. The Morgan fingerprint density at radius 2 is 0.956 bits per heavy atom. The van der Waals surface area contributed by atoms with Crippen molar-refractivity contribution in [3.05, 3.63) is 107 Å². The van der Waals surface area contributed by atoms with E-state index in [1.165, 1.54) is 22.3 Å². The van der Waals surface area contributed by atoms with Crippen LogP contribution < -0.4 is 10.4 Å². The highest BCUT2D eigenvalue weighted by Gasteiger charge is 2.59. The molecule has 0 spiro atoms. The zero-order valence-corrected chi connectivity index (χ0v) is 27.7. The Morgan fingerprint density at radius 3 is 1.40 bits per heavy atom. The van der Waals surface area contributed by atoms with E-state index in [4.69, 9.17) is 9.47 Å². The van der Waals surface area contributed by atoms with Gasteiger partial charge in [-0.3, -0.25) is 9.59 Å². The lowest BCUT2D eigenvalue weighted by atomic mass is 10.1. The molecule has 0 amide bonds. The van der Waals surface area contributed by atoms with Crippen molar-refractivity contribution in [2.24, 2.45) is 0 Å². The van der Waals surface area contributed by atoms with Gasteiger partial charge in [0.15, 0.2) is 0 Å². The van der Waals surface area contributed by atoms with E-state index in [1.807, 2.05) is 24.3 Å². The van der Waals surface area contributed by atoms with E-state index in [2.05, 4.69) is 74.5 Å². The van der Waals surface area contributed by atoms with Crippen LogP contribution in [0.3, 0.4) is 0 Å². The van der Waals surface area contributed by atoms with Crippen molar-refractivity contribution in [2.75, 3.05) is 13.2 Å². The predicted octanol–water partition coefficient (Wildman–Crippen LogP) is 8.99. The lowest BCUT2D eigenvalue weighted by Crippen LogP contribution is -2.72. The van der Waals surface area contributed by atoms with Crippen LogP contribution in [-0.2, 0) is 22.3 Å². The summed E-state index contributed by atoms with van der Waals surface area (Å²) < 4.78 is 12.4. The van der Waals surface area contributed by atoms with Crippen molar-refractivity contribution in [1.82, 2.24) is 0 Å². The van der Waals surface area contributed by atoms with Crippen LogP contribution in [0.1, 0.15) is 87.5 Å². The minimum absolute atomic E-state index is 0.307. The summed E-state index contributed by atoms with van der Waals surface area (Å²) in [6.07, 6.45) is 9.30. The van der Waals surface area contributed by atoms with Gasteiger partial charge in [-0.15, -0.1) is 0 Å². The van der Waals surface area contributed by atoms with E-state index in [1.54, 1.807) is 0 Å². The molecule has 6 rings (SSSR count). The molecule has 0 unspecified atom stereocenters. The van der Waals surface area contributed by atoms with Gasteiger partial charge < -0.3 is 9.47 Å². The highest BCUT2D eigenvalue weighted by molar-refractivity contribution is 7.37. The smallest absolute Gasteiger partial charge is 0.371 e. The summed E-state index contributed by atoms with van der Waals surface area (Å²) in [5.41, 5.74) is 8.30. The van der Waals surface area contributed by atoms with Crippen LogP contribution in [0.5, 0.6) is 0 Å². The highest BCUT2D eigenvalue weighted by Crippen LogP contribution is 2.39. The van der Waals surface area contributed by atoms with Gasteiger partial charge in [-0.05, 0) is 80.6 Å². The molecule has 0 saturated carbocycles. The Balaban J connectivity index is 1.53. The number of carbonyl (C=O) groups is 2. The Bertz CT molecular complexity index is 1560. The van der Waals surface area contributed by atoms with Crippen LogP contribution in [0, 0.1) is 0 Å². The zero-order chi connectivity index (χ0) is 31.2.